The molecule has 6 atom stereocenters. The molecule has 2 fully saturated rings. The molecule has 0 spiro atoms. The van der Waals surface area contributed by atoms with Gasteiger partial charge in [-0.05, 0) is 50.4 Å². The molecule has 0 aromatic rings. The highest BCUT2D eigenvalue weighted by atomic mass is 16.5. The van der Waals surface area contributed by atoms with E-state index in [1.165, 1.54) is 19.3 Å². The van der Waals surface area contributed by atoms with Crippen LogP contribution in [0.25, 0.3) is 0 Å². The van der Waals surface area contributed by atoms with Crippen molar-refractivity contribution in [3.63, 3.8) is 0 Å². The molecule has 2 aliphatic rings. The average Bonchev–Trinajstić information content (AvgIpc) is 2.68. The van der Waals surface area contributed by atoms with Crippen LogP contribution in [0.3, 0.4) is 0 Å². The first-order valence-electron chi connectivity index (χ1n) is 6.91. The van der Waals surface area contributed by atoms with Crippen LogP contribution in [0.15, 0.2) is 0 Å². The SMILES string of the molecule is CC1CCC(C(O)C2CCC(C)C(C)C2)O1. The van der Waals surface area contributed by atoms with Gasteiger partial charge in [-0.25, -0.2) is 0 Å². The highest BCUT2D eigenvalue weighted by molar-refractivity contribution is 4.86. The average molecular weight is 226 g/mol. The van der Waals surface area contributed by atoms with E-state index in [9.17, 15) is 5.11 Å². The summed E-state index contributed by atoms with van der Waals surface area (Å²) in [6.07, 6.45) is 6.02. The Hall–Kier alpha value is -0.0800. The summed E-state index contributed by atoms with van der Waals surface area (Å²) in [4.78, 5) is 0. The first-order valence-corrected chi connectivity index (χ1v) is 6.91. The van der Waals surface area contributed by atoms with Gasteiger partial charge in [-0.3, -0.25) is 0 Å². The number of hydrogen-bond donors (Lipinski definition) is 1. The summed E-state index contributed by atoms with van der Waals surface area (Å²) in [5, 5.41) is 10.4. The van der Waals surface area contributed by atoms with Gasteiger partial charge in [-0.15, -0.1) is 0 Å². The summed E-state index contributed by atoms with van der Waals surface area (Å²) >= 11 is 0. The van der Waals surface area contributed by atoms with Gasteiger partial charge in [-0.1, -0.05) is 20.3 Å². The molecular weight excluding hydrogens is 200 g/mol. The minimum atomic E-state index is -0.222. The third kappa shape index (κ3) is 2.60. The lowest BCUT2D eigenvalue weighted by Gasteiger charge is -2.36. The summed E-state index contributed by atoms with van der Waals surface area (Å²) in [6, 6.07) is 0. The molecule has 0 bridgehead atoms. The van der Waals surface area contributed by atoms with E-state index in [1.807, 2.05) is 0 Å². The molecule has 6 unspecified atom stereocenters. The molecule has 1 N–H and O–H groups in total. The summed E-state index contributed by atoms with van der Waals surface area (Å²) in [5.41, 5.74) is 0. The molecule has 1 heterocycles. The Balaban J connectivity index is 1.87. The van der Waals surface area contributed by atoms with Crippen molar-refractivity contribution >= 4 is 0 Å². The van der Waals surface area contributed by atoms with E-state index in [0.29, 0.717) is 12.0 Å². The molecular formula is C14H26O2. The van der Waals surface area contributed by atoms with E-state index in [4.69, 9.17) is 4.74 Å². The van der Waals surface area contributed by atoms with Crippen LogP contribution in [0.1, 0.15) is 52.9 Å². The molecule has 94 valence electrons. The van der Waals surface area contributed by atoms with E-state index >= 15 is 0 Å². The second-order valence-electron chi connectivity index (χ2n) is 6.08. The zero-order chi connectivity index (χ0) is 11.7. The van der Waals surface area contributed by atoms with Gasteiger partial charge < -0.3 is 9.84 Å². The maximum Gasteiger partial charge on any atom is 0.0841 e. The van der Waals surface area contributed by atoms with Crippen LogP contribution in [0.5, 0.6) is 0 Å². The largest absolute Gasteiger partial charge is 0.390 e. The monoisotopic (exact) mass is 226 g/mol. The maximum absolute atomic E-state index is 10.4. The number of rotatable bonds is 2. The van der Waals surface area contributed by atoms with E-state index in [2.05, 4.69) is 20.8 Å². The van der Waals surface area contributed by atoms with E-state index in [0.717, 1.165) is 24.7 Å². The normalized spacial score (nSPS) is 46.9. The lowest BCUT2D eigenvalue weighted by molar-refractivity contribution is -0.0664. The maximum atomic E-state index is 10.4. The van der Waals surface area contributed by atoms with Gasteiger partial charge in [0.15, 0.2) is 0 Å². The van der Waals surface area contributed by atoms with Crippen molar-refractivity contribution < 1.29 is 9.84 Å². The molecule has 16 heavy (non-hydrogen) atoms. The Morgan fingerprint density at radius 2 is 1.75 bits per heavy atom. The number of ether oxygens (including phenoxy) is 1. The predicted molar refractivity (Wildman–Crippen MR) is 65.2 cm³/mol. The summed E-state index contributed by atoms with van der Waals surface area (Å²) in [6.45, 7) is 6.77. The molecule has 0 aromatic carbocycles. The van der Waals surface area contributed by atoms with Gasteiger partial charge in [0.2, 0.25) is 0 Å². The van der Waals surface area contributed by atoms with Crippen LogP contribution in [0.4, 0.5) is 0 Å². The van der Waals surface area contributed by atoms with E-state index in [-0.39, 0.29) is 12.2 Å². The van der Waals surface area contributed by atoms with Gasteiger partial charge in [0.1, 0.15) is 0 Å². The summed E-state index contributed by atoms with van der Waals surface area (Å²) < 4.78 is 5.79. The minimum Gasteiger partial charge on any atom is -0.390 e. The van der Waals surface area contributed by atoms with Crippen LogP contribution < -0.4 is 0 Å². The van der Waals surface area contributed by atoms with Crippen LogP contribution in [0, 0.1) is 17.8 Å². The van der Waals surface area contributed by atoms with E-state index in [1.54, 1.807) is 0 Å². The third-order valence-corrected chi connectivity index (χ3v) is 4.77. The molecule has 1 saturated heterocycles. The lowest BCUT2D eigenvalue weighted by Crippen LogP contribution is -2.37. The van der Waals surface area contributed by atoms with Crippen LogP contribution in [-0.4, -0.2) is 23.4 Å². The Morgan fingerprint density at radius 3 is 2.31 bits per heavy atom. The quantitative estimate of drug-likeness (QED) is 0.784. The first-order chi connectivity index (χ1) is 7.58. The number of aliphatic hydroxyl groups excluding tert-OH is 1. The fourth-order valence-electron chi connectivity index (χ4n) is 3.29. The van der Waals surface area contributed by atoms with Crippen LogP contribution in [-0.2, 0) is 4.74 Å². The van der Waals surface area contributed by atoms with E-state index < -0.39 is 0 Å². The highest BCUT2D eigenvalue weighted by Gasteiger charge is 2.36. The molecule has 1 aliphatic heterocycles. The van der Waals surface area contributed by atoms with Crippen molar-refractivity contribution in [2.75, 3.05) is 0 Å². The molecule has 2 rings (SSSR count). The molecule has 1 aliphatic carbocycles. The summed E-state index contributed by atoms with van der Waals surface area (Å²) in [7, 11) is 0. The lowest BCUT2D eigenvalue weighted by atomic mass is 9.73. The molecule has 1 saturated carbocycles. The molecule has 0 aromatic heterocycles. The van der Waals surface area contributed by atoms with Crippen molar-refractivity contribution in [3.05, 3.63) is 0 Å². The Labute approximate surface area is 99.4 Å². The fourth-order valence-corrected chi connectivity index (χ4v) is 3.29. The zero-order valence-electron chi connectivity index (χ0n) is 10.9. The van der Waals surface area contributed by atoms with Gasteiger partial charge in [0, 0.05) is 0 Å². The smallest absolute Gasteiger partial charge is 0.0841 e. The Kier molecular flexibility index (Phi) is 3.91. The standard InChI is InChI=1S/C14H26O2/c1-9-4-6-12(8-10(9)2)14(15)13-7-5-11(3)16-13/h9-15H,4-8H2,1-3H3. The van der Waals surface area contributed by atoms with Gasteiger partial charge in [0.25, 0.3) is 0 Å². The van der Waals surface area contributed by atoms with Crippen molar-refractivity contribution in [1.29, 1.82) is 0 Å². The number of aliphatic hydroxyl groups is 1. The predicted octanol–water partition coefficient (Wildman–Crippen LogP) is 2.99. The zero-order valence-corrected chi connectivity index (χ0v) is 10.9. The van der Waals surface area contributed by atoms with Crippen molar-refractivity contribution in [1.82, 2.24) is 0 Å². The van der Waals surface area contributed by atoms with Gasteiger partial charge in [-0.2, -0.15) is 0 Å². The van der Waals surface area contributed by atoms with Gasteiger partial charge >= 0.3 is 0 Å². The summed E-state index contributed by atoms with van der Waals surface area (Å²) in [5.74, 6) is 2.06. The topological polar surface area (TPSA) is 29.5 Å². The Bertz CT molecular complexity index is 229. The highest BCUT2D eigenvalue weighted by Crippen LogP contribution is 2.37. The van der Waals surface area contributed by atoms with Crippen LogP contribution >= 0.6 is 0 Å². The van der Waals surface area contributed by atoms with Crippen molar-refractivity contribution in [3.8, 4) is 0 Å². The van der Waals surface area contributed by atoms with Crippen molar-refractivity contribution in [2.45, 2.75) is 71.2 Å². The molecule has 0 radical (unpaired) electrons. The molecule has 2 nitrogen and oxygen atoms in total. The van der Waals surface area contributed by atoms with Crippen molar-refractivity contribution in [2.24, 2.45) is 17.8 Å². The van der Waals surface area contributed by atoms with Gasteiger partial charge in [0.05, 0.1) is 18.3 Å². The minimum absolute atomic E-state index is 0.112. The molecule has 0 amide bonds. The first kappa shape index (κ1) is 12.4. The molecule has 2 heteroatoms. The Morgan fingerprint density at radius 1 is 1.00 bits per heavy atom. The third-order valence-electron chi connectivity index (χ3n) is 4.77. The van der Waals surface area contributed by atoms with Crippen LogP contribution in [0.2, 0.25) is 0 Å². The second kappa shape index (κ2) is 5.05. The second-order valence-corrected chi connectivity index (χ2v) is 6.08. The number of hydrogen-bond acceptors (Lipinski definition) is 2. The fraction of sp³-hybridized carbons (Fsp3) is 1.00.